The minimum absolute atomic E-state index is 0.299. The molecule has 0 fully saturated rings. The second kappa shape index (κ2) is 7.88. The van der Waals surface area contributed by atoms with Crippen molar-refractivity contribution in [3.8, 4) is 23.3 Å². The van der Waals surface area contributed by atoms with E-state index in [1.165, 1.54) is 7.11 Å². The van der Waals surface area contributed by atoms with Crippen LogP contribution in [0.2, 0.25) is 0 Å². The zero-order chi connectivity index (χ0) is 17.5. The molecule has 0 heterocycles. The number of amides is 1. The first-order valence-electron chi connectivity index (χ1n) is 7.27. The van der Waals surface area contributed by atoms with Crippen LogP contribution < -0.4 is 19.5 Å². The van der Waals surface area contributed by atoms with E-state index in [0.29, 0.717) is 28.5 Å². The highest BCUT2D eigenvalue weighted by atomic mass is 16.5. The maximum atomic E-state index is 12.2. The number of anilines is 1. The molecule has 2 aromatic rings. The topological polar surface area (TPSA) is 80.6 Å². The van der Waals surface area contributed by atoms with E-state index in [-0.39, 0.29) is 5.91 Å². The van der Waals surface area contributed by atoms with Crippen LogP contribution in [0.5, 0.6) is 17.2 Å². The number of methoxy groups -OCH3 is 2. The Bertz CT molecular complexity index is 751. The standard InChI is InChI=1S/C18H18N2O4/c1-12(24-15-7-4-13(11-19)5-8-15)18(21)20-14-6-9-16(22-2)17(10-14)23-3/h4-10,12H,1-3H3,(H,20,21). The average Bonchev–Trinajstić information content (AvgIpc) is 2.62. The number of nitriles is 1. The van der Waals surface area contributed by atoms with E-state index in [1.54, 1.807) is 56.5 Å². The van der Waals surface area contributed by atoms with Gasteiger partial charge in [0.25, 0.3) is 5.91 Å². The summed E-state index contributed by atoms with van der Waals surface area (Å²) in [6, 6.07) is 13.7. The van der Waals surface area contributed by atoms with Gasteiger partial charge in [-0.15, -0.1) is 0 Å². The molecular weight excluding hydrogens is 308 g/mol. The van der Waals surface area contributed by atoms with Gasteiger partial charge in [-0.1, -0.05) is 0 Å². The van der Waals surface area contributed by atoms with E-state index in [4.69, 9.17) is 19.5 Å². The zero-order valence-electron chi connectivity index (χ0n) is 13.7. The number of carbonyl (C=O) groups is 1. The largest absolute Gasteiger partial charge is 0.493 e. The second-order valence-electron chi connectivity index (χ2n) is 4.96. The van der Waals surface area contributed by atoms with Crippen molar-refractivity contribution >= 4 is 11.6 Å². The van der Waals surface area contributed by atoms with Gasteiger partial charge in [-0.05, 0) is 43.3 Å². The molecule has 1 atom stereocenters. The summed E-state index contributed by atoms with van der Waals surface area (Å²) in [4.78, 5) is 12.2. The van der Waals surface area contributed by atoms with Crippen molar-refractivity contribution in [2.45, 2.75) is 13.0 Å². The lowest BCUT2D eigenvalue weighted by Gasteiger charge is -2.15. The molecule has 1 unspecified atom stereocenters. The molecule has 0 radical (unpaired) electrons. The predicted octanol–water partition coefficient (Wildman–Crippen LogP) is 2.98. The summed E-state index contributed by atoms with van der Waals surface area (Å²) in [6.45, 7) is 1.65. The lowest BCUT2D eigenvalue weighted by Crippen LogP contribution is -2.30. The van der Waals surface area contributed by atoms with Crippen LogP contribution in [0.15, 0.2) is 42.5 Å². The molecule has 2 rings (SSSR count). The molecule has 124 valence electrons. The highest BCUT2D eigenvalue weighted by molar-refractivity contribution is 5.94. The predicted molar refractivity (Wildman–Crippen MR) is 89.4 cm³/mol. The van der Waals surface area contributed by atoms with E-state index in [0.717, 1.165) is 0 Å². The van der Waals surface area contributed by atoms with Gasteiger partial charge in [-0.25, -0.2) is 0 Å². The maximum Gasteiger partial charge on any atom is 0.265 e. The summed E-state index contributed by atoms with van der Waals surface area (Å²) >= 11 is 0. The molecular formula is C18H18N2O4. The van der Waals surface area contributed by atoms with Gasteiger partial charge >= 0.3 is 0 Å². The van der Waals surface area contributed by atoms with Crippen LogP contribution in [0, 0.1) is 11.3 Å². The number of nitrogens with zero attached hydrogens (tertiary/aromatic N) is 1. The lowest BCUT2D eigenvalue weighted by molar-refractivity contribution is -0.122. The summed E-state index contributed by atoms with van der Waals surface area (Å²) in [5.74, 6) is 1.32. The van der Waals surface area contributed by atoms with Crippen molar-refractivity contribution in [1.29, 1.82) is 5.26 Å². The Morgan fingerprint density at radius 3 is 2.33 bits per heavy atom. The highest BCUT2D eigenvalue weighted by Crippen LogP contribution is 2.29. The molecule has 6 heteroatoms. The third kappa shape index (κ3) is 4.17. The first-order chi connectivity index (χ1) is 11.6. The Hall–Kier alpha value is -3.20. The summed E-state index contributed by atoms with van der Waals surface area (Å²) < 4.78 is 15.9. The third-order valence-corrected chi connectivity index (χ3v) is 3.32. The summed E-state index contributed by atoms with van der Waals surface area (Å²) in [5, 5.41) is 11.5. The number of hydrogen-bond donors (Lipinski definition) is 1. The molecule has 0 aliphatic rings. The normalized spacial score (nSPS) is 11.1. The van der Waals surface area contributed by atoms with Crippen molar-refractivity contribution in [3.63, 3.8) is 0 Å². The van der Waals surface area contributed by atoms with Crippen LogP contribution >= 0.6 is 0 Å². The van der Waals surface area contributed by atoms with E-state index >= 15 is 0 Å². The molecule has 0 aliphatic carbocycles. The molecule has 0 bridgehead atoms. The zero-order valence-corrected chi connectivity index (χ0v) is 13.7. The summed E-state index contributed by atoms with van der Waals surface area (Å²) in [7, 11) is 3.07. The Morgan fingerprint density at radius 1 is 1.08 bits per heavy atom. The van der Waals surface area contributed by atoms with Crippen molar-refractivity contribution in [2.24, 2.45) is 0 Å². The van der Waals surface area contributed by atoms with Crippen molar-refractivity contribution in [3.05, 3.63) is 48.0 Å². The van der Waals surface area contributed by atoms with Crippen molar-refractivity contribution in [2.75, 3.05) is 19.5 Å². The number of carbonyl (C=O) groups excluding carboxylic acids is 1. The molecule has 0 aliphatic heterocycles. The summed E-state index contributed by atoms with van der Waals surface area (Å²) in [5.41, 5.74) is 1.11. The maximum absolute atomic E-state index is 12.2. The van der Waals surface area contributed by atoms with E-state index in [2.05, 4.69) is 5.32 Å². The summed E-state index contributed by atoms with van der Waals surface area (Å²) in [6.07, 6.45) is -0.703. The Morgan fingerprint density at radius 2 is 1.75 bits per heavy atom. The first kappa shape index (κ1) is 17.2. The molecule has 0 aromatic heterocycles. The quantitative estimate of drug-likeness (QED) is 0.882. The fourth-order valence-corrected chi connectivity index (χ4v) is 2.02. The van der Waals surface area contributed by atoms with Gasteiger partial charge in [-0.3, -0.25) is 4.79 Å². The molecule has 2 aromatic carbocycles. The van der Waals surface area contributed by atoms with Crippen LogP contribution in [0.3, 0.4) is 0 Å². The number of rotatable bonds is 6. The van der Waals surface area contributed by atoms with Crippen LogP contribution in [0.25, 0.3) is 0 Å². The van der Waals surface area contributed by atoms with Crippen LogP contribution in [0.1, 0.15) is 12.5 Å². The molecule has 6 nitrogen and oxygen atoms in total. The first-order valence-corrected chi connectivity index (χ1v) is 7.27. The number of nitrogens with one attached hydrogen (secondary N) is 1. The van der Waals surface area contributed by atoms with Crippen LogP contribution in [-0.2, 0) is 4.79 Å². The van der Waals surface area contributed by atoms with E-state index < -0.39 is 6.10 Å². The average molecular weight is 326 g/mol. The highest BCUT2D eigenvalue weighted by Gasteiger charge is 2.16. The fourth-order valence-electron chi connectivity index (χ4n) is 2.02. The molecule has 1 amide bonds. The molecule has 24 heavy (non-hydrogen) atoms. The minimum atomic E-state index is -0.703. The van der Waals surface area contributed by atoms with Gasteiger partial charge in [0.15, 0.2) is 17.6 Å². The van der Waals surface area contributed by atoms with Crippen LogP contribution in [-0.4, -0.2) is 26.2 Å². The van der Waals surface area contributed by atoms with Gasteiger partial charge in [-0.2, -0.15) is 5.26 Å². The van der Waals surface area contributed by atoms with E-state index in [9.17, 15) is 4.79 Å². The Balaban J connectivity index is 2.01. The molecule has 0 saturated carbocycles. The molecule has 0 saturated heterocycles. The van der Waals surface area contributed by atoms with Gasteiger partial charge in [0, 0.05) is 11.8 Å². The fraction of sp³-hybridized carbons (Fsp3) is 0.222. The smallest absolute Gasteiger partial charge is 0.265 e. The van der Waals surface area contributed by atoms with Gasteiger partial charge in [0.05, 0.1) is 25.9 Å². The number of ether oxygens (including phenoxy) is 3. The Labute approximate surface area is 140 Å². The van der Waals surface area contributed by atoms with Gasteiger partial charge in [0.2, 0.25) is 0 Å². The van der Waals surface area contributed by atoms with Gasteiger partial charge < -0.3 is 19.5 Å². The SMILES string of the molecule is COc1ccc(NC(=O)C(C)Oc2ccc(C#N)cc2)cc1OC. The lowest BCUT2D eigenvalue weighted by atomic mass is 10.2. The van der Waals surface area contributed by atoms with Gasteiger partial charge in [0.1, 0.15) is 5.75 Å². The van der Waals surface area contributed by atoms with Crippen molar-refractivity contribution in [1.82, 2.24) is 0 Å². The van der Waals surface area contributed by atoms with E-state index in [1.807, 2.05) is 6.07 Å². The Kier molecular flexibility index (Phi) is 5.63. The second-order valence-corrected chi connectivity index (χ2v) is 4.96. The molecule has 1 N–H and O–H groups in total. The molecule has 0 spiro atoms. The number of hydrogen-bond acceptors (Lipinski definition) is 5. The van der Waals surface area contributed by atoms with Crippen LogP contribution in [0.4, 0.5) is 5.69 Å². The third-order valence-electron chi connectivity index (χ3n) is 3.32. The monoisotopic (exact) mass is 326 g/mol. The minimum Gasteiger partial charge on any atom is -0.493 e. The number of benzene rings is 2. The van der Waals surface area contributed by atoms with Crippen molar-refractivity contribution < 1.29 is 19.0 Å².